The molecule has 122 valence electrons. The fraction of sp³-hybridized carbons (Fsp3) is 0.750. The van der Waals surface area contributed by atoms with Crippen LogP contribution in [0.4, 0.5) is 11.6 Å². The summed E-state index contributed by atoms with van der Waals surface area (Å²) in [5.41, 5.74) is 0. The summed E-state index contributed by atoms with van der Waals surface area (Å²) in [4.78, 5) is 26.0. The Kier molecular flexibility index (Phi) is 5.03. The smallest absolute Gasteiger partial charge is 0.388 e. The largest absolute Gasteiger partial charge is 0.462 e. The van der Waals surface area contributed by atoms with E-state index >= 15 is 0 Å². The summed E-state index contributed by atoms with van der Waals surface area (Å²) in [5.74, 6) is -1.32. The molecule has 0 radical (unpaired) electrons. The van der Waals surface area contributed by atoms with Crippen LogP contribution in [0.1, 0.15) is 25.1 Å². The highest BCUT2D eigenvalue weighted by Gasteiger charge is 2.36. The first kappa shape index (κ1) is 16.3. The average molecular weight is 313 g/mol. The van der Waals surface area contributed by atoms with E-state index in [4.69, 9.17) is 0 Å². The van der Waals surface area contributed by atoms with E-state index in [2.05, 4.69) is 9.88 Å². The summed E-state index contributed by atoms with van der Waals surface area (Å²) >= 11 is 0. The van der Waals surface area contributed by atoms with Crippen LogP contribution in [-0.2, 0) is 6.54 Å². The van der Waals surface area contributed by atoms with Gasteiger partial charge < -0.3 is 30.2 Å². The molecule has 1 N–H and O–H groups in total. The quantitative estimate of drug-likeness (QED) is 0.609. The van der Waals surface area contributed by atoms with Gasteiger partial charge in [0.15, 0.2) is 0 Å². The fourth-order valence-corrected chi connectivity index (χ4v) is 2.77. The molecular formula is C12H19N5O5. The number of aliphatic hydroxyl groups excluding tert-OH is 1. The molecule has 10 heteroatoms. The average Bonchev–Trinajstić information content (AvgIpc) is 2.77. The Balaban J connectivity index is 2.14. The van der Waals surface area contributed by atoms with Crippen molar-refractivity contribution in [2.75, 3.05) is 19.6 Å². The molecule has 1 aromatic rings. The lowest BCUT2D eigenvalue weighted by atomic mass is 10.1. The van der Waals surface area contributed by atoms with E-state index in [-0.39, 0.29) is 12.4 Å². The lowest BCUT2D eigenvalue weighted by Gasteiger charge is -2.27. The Labute approximate surface area is 126 Å². The molecule has 2 heterocycles. The lowest BCUT2D eigenvalue weighted by molar-refractivity contribution is -0.428. The van der Waals surface area contributed by atoms with E-state index in [9.17, 15) is 25.3 Å². The van der Waals surface area contributed by atoms with Gasteiger partial charge >= 0.3 is 17.5 Å². The first-order chi connectivity index (χ1) is 10.4. The van der Waals surface area contributed by atoms with Crippen molar-refractivity contribution in [1.29, 1.82) is 0 Å². The zero-order chi connectivity index (χ0) is 16.3. The van der Waals surface area contributed by atoms with Gasteiger partial charge in [-0.05, 0) is 35.8 Å². The van der Waals surface area contributed by atoms with Gasteiger partial charge in [0.25, 0.3) is 0 Å². The van der Waals surface area contributed by atoms with E-state index in [1.165, 1.54) is 13.3 Å². The highest BCUT2D eigenvalue weighted by Crippen LogP contribution is 2.27. The Morgan fingerprint density at radius 1 is 1.18 bits per heavy atom. The van der Waals surface area contributed by atoms with Crippen molar-refractivity contribution in [2.45, 2.75) is 38.8 Å². The van der Waals surface area contributed by atoms with E-state index in [1.807, 2.05) is 0 Å². The first-order valence-corrected chi connectivity index (χ1v) is 7.16. The predicted molar refractivity (Wildman–Crippen MR) is 76.6 cm³/mol. The van der Waals surface area contributed by atoms with Gasteiger partial charge in [-0.25, -0.2) is 0 Å². The van der Waals surface area contributed by atoms with Crippen LogP contribution in [0.5, 0.6) is 0 Å². The molecule has 0 bridgehead atoms. The second kappa shape index (κ2) is 6.79. The van der Waals surface area contributed by atoms with Gasteiger partial charge in [0.2, 0.25) is 0 Å². The molecule has 0 amide bonds. The standard InChI is InChI=1S/C12H19N5O5/c1-9-13-11(16(19)20)12(17(21)22)15(9)8-10(18)7-14-5-3-2-4-6-14/h10,18H,2-8H2,1H3. The van der Waals surface area contributed by atoms with E-state index in [1.54, 1.807) is 0 Å². The summed E-state index contributed by atoms with van der Waals surface area (Å²) in [6.45, 7) is 3.54. The van der Waals surface area contributed by atoms with Gasteiger partial charge in [0, 0.05) is 18.5 Å². The normalized spacial score (nSPS) is 17.4. The highest BCUT2D eigenvalue weighted by molar-refractivity contribution is 5.42. The van der Waals surface area contributed by atoms with Crippen molar-refractivity contribution in [1.82, 2.24) is 14.5 Å². The number of aliphatic hydroxyl groups is 1. The number of likely N-dealkylation sites (tertiary alicyclic amines) is 1. The molecule has 0 saturated carbocycles. The summed E-state index contributed by atoms with van der Waals surface area (Å²) in [7, 11) is 0. The minimum absolute atomic E-state index is 0.0838. The predicted octanol–water partition coefficient (Wildman–Crippen LogP) is 0.855. The van der Waals surface area contributed by atoms with Gasteiger partial charge in [-0.15, -0.1) is 0 Å². The molecule has 0 aliphatic carbocycles. The van der Waals surface area contributed by atoms with Gasteiger partial charge in [-0.2, -0.15) is 4.57 Å². The number of imidazole rings is 1. The summed E-state index contributed by atoms with van der Waals surface area (Å²) in [6, 6.07) is 0. The molecule has 1 saturated heterocycles. The van der Waals surface area contributed by atoms with Gasteiger partial charge in [0.05, 0.1) is 0 Å². The monoisotopic (exact) mass is 313 g/mol. The molecule has 1 aromatic heterocycles. The molecule has 0 aromatic carbocycles. The number of nitro groups is 2. The van der Waals surface area contributed by atoms with Crippen LogP contribution in [0.2, 0.25) is 0 Å². The van der Waals surface area contributed by atoms with E-state index < -0.39 is 27.6 Å². The molecule has 1 atom stereocenters. The molecule has 1 aliphatic rings. The maximum atomic E-state index is 11.1. The van der Waals surface area contributed by atoms with Gasteiger partial charge in [-0.3, -0.25) is 0 Å². The topological polar surface area (TPSA) is 128 Å². The van der Waals surface area contributed by atoms with Crippen molar-refractivity contribution in [2.24, 2.45) is 0 Å². The third-order valence-corrected chi connectivity index (χ3v) is 3.77. The number of β-amino-alcohol motifs (C(OH)–C–C–N with tert-alkyl or cyclic N) is 1. The second-order valence-electron chi connectivity index (χ2n) is 5.45. The van der Waals surface area contributed by atoms with Gasteiger partial charge in [0.1, 0.15) is 12.6 Å². The number of rotatable bonds is 6. The van der Waals surface area contributed by atoms with Crippen LogP contribution in [0, 0.1) is 27.2 Å². The number of hydrogen-bond donors (Lipinski definition) is 1. The number of hydrogen-bond acceptors (Lipinski definition) is 7. The zero-order valence-corrected chi connectivity index (χ0v) is 12.3. The third-order valence-electron chi connectivity index (χ3n) is 3.77. The number of nitrogens with zero attached hydrogens (tertiary/aromatic N) is 5. The highest BCUT2D eigenvalue weighted by atomic mass is 16.6. The Morgan fingerprint density at radius 2 is 1.82 bits per heavy atom. The summed E-state index contributed by atoms with van der Waals surface area (Å²) in [6.07, 6.45) is 2.47. The third kappa shape index (κ3) is 3.57. The SMILES string of the molecule is Cc1nc([N+](=O)[O-])c([N+](=O)[O-])n1CC(O)CN1CCCCC1. The van der Waals surface area contributed by atoms with Crippen LogP contribution in [0.3, 0.4) is 0 Å². The minimum Gasteiger partial charge on any atom is -0.388 e. The van der Waals surface area contributed by atoms with Crippen LogP contribution in [0.15, 0.2) is 0 Å². The molecule has 2 rings (SSSR count). The maximum absolute atomic E-state index is 11.1. The van der Waals surface area contributed by atoms with Crippen molar-refractivity contribution in [3.8, 4) is 0 Å². The van der Waals surface area contributed by atoms with E-state index in [0.717, 1.165) is 30.5 Å². The fourth-order valence-electron chi connectivity index (χ4n) is 2.77. The van der Waals surface area contributed by atoms with Crippen LogP contribution in [0.25, 0.3) is 0 Å². The van der Waals surface area contributed by atoms with Crippen molar-refractivity contribution >= 4 is 11.6 Å². The Morgan fingerprint density at radius 3 is 2.36 bits per heavy atom. The van der Waals surface area contributed by atoms with Gasteiger partial charge in [-0.1, -0.05) is 6.42 Å². The Bertz CT molecular complexity index is 566. The lowest BCUT2D eigenvalue weighted by Crippen LogP contribution is -2.38. The molecule has 1 fully saturated rings. The molecular weight excluding hydrogens is 294 g/mol. The number of aromatic nitrogens is 2. The van der Waals surface area contributed by atoms with Crippen LogP contribution < -0.4 is 0 Å². The van der Waals surface area contributed by atoms with Crippen LogP contribution in [-0.4, -0.2) is 55.1 Å². The van der Waals surface area contributed by atoms with Crippen LogP contribution >= 0.6 is 0 Å². The second-order valence-corrected chi connectivity index (χ2v) is 5.45. The van der Waals surface area contributed by atoms with Crippen molar-refractivity contribution < 1.29 is 15.0 Å². The zero-order valence-electron chi connectivity index (χ0n) is 12.3. The Hall–Kier alpha value is -2.07. The maximum Gasteiger partial charge on any atom is 0.462 e. The van der Waals surface area contributed by atoms with Crippen molar-refractivity contribution in [3.05, 3.63) is 26.1 Å². The molecule has 1 unspecified atom stereocenters. The first-order valence-electron chi connectivity index (χ1n) is 7.16. The summed E-state index contributed by atoms with van der Waals surface area (Å²) < 4.78 is 1.10. The minimum atomic E-state index is -0.876. The molecule has 10 nitrogen and oxygen atoms in total. The number of aryl methyl sites for hydroxylation is 1. The van der Waals surface area contributed by atoms with Crippen molar-refractivity contribution in [3.63, 3.8) is 0 Å². The number of piperidine rings is 1. The molecule has 22 heavy (non-hydrogen) atoms. The summed E-state index contributed by atoms with van der Waals surface area (Å²) in [5, 5.41) is 32.1. The van der Waals surface area contributed by atoms with E-state index in [0.29, 0.717) is 6.54 Å². The molecule has 0 spiro atoms. The molecule has 1 aliphatic heterocycles.